The fourth-order valence-corrected chi connectivity index (χ4v) is 3.88. The van der Waals surface area contributed by atoms with Crippen molar-refractivity contribution in [2.45, 2.75) is 6.54 Å². The van der Waals surface area contributed by atoms with Crippen molar-refractivity contribution in [3.05, 3.63) is 118 Å². The Morgan fingerprint density at radius 1 is 0.943 bits per heavy atom. The average molecular weight is 463 g/mol. The molecule has 5 rings (SSSR count). The van der Waals surface area contributed by atoms with E-state index in [1.54, 1.807) is 35.1 Å². The molecular weight excluding hydrogens is 442 g/mol. The Bertz CT molecular complexity index is 1540. The summed E-state index contributed by atoms with van der Waals surface area (Å²) in [4.78, 5) is 23.4. The van der Waals surface area contributed by atoms with Crippen molar-refractivity contribution in [2.75, 3.05) is 11.1 Å². The van der Waals surface area contributed by atoms with Gasteiger partial charge < -0.3 is 11.1 Å². The smallest absolute Gasteiger partial charge is 0.270 e. The molecule has 8 heteroatoms. The number of nitro benzene ring substituents is 1. The topological polar surface area (TPSA) is 116 Å². The van der Waals surface area contributed by atoms with Crippen molar-refractivity contribution in [1.82, 2.24) is 9.78 Å². The van der Waals surface area contributed by atoms with Gasteiger partial charge in [0.1, 0.15) is 0 Å². The highest BCUT2D eigenvalue weighted by Gasteiger charge is 2.11. The molecule has 0 saturated heterocycles. The van der Waals surface area contributed by atoms with E-state index in [0.717, 1.165) is 16.7 Å². The monoisotopic (exact) mass is 463 g/mol. The Kier molecular flexibility index (Phi) is 5.68. The van der Waals surface area contributed by atoms with Gasteiger partial charge in [0.15, 0.2) is 0 Å². The lowest BCUT2D eigenvalue weighted by Gasteiger charge is -2.11. The standard InChI is InChI=1S/C27H21N5O3/c28-24-12-10-21(19-4-2-1-3-5-19)15-26(24)29-27(33)20-8-6-18(7-9-20)16-31-17-22-14-23(32(34)35)11-13-25(22)30-31/h1-15,17H,16,28H2,(H,29,33). The maximum atomic E-state index is 12.8. The third-order valence-corrected chi connectivity index (χ3v) is 5.72. The van der Waals surface area contributed by atoms with E-state index in [2.05, 4.69) is 10.4 Å². The van der Waals surface area contributed by atoms with Crippen LogP contribution in [0.2, 0.25) is 0 Å². The number of nitrogens with two attached hydrogens (primary N) is 1. The molecule has 0 fully saturated rings. The molecular formula is C27H21N5O3. The number of amides is 1. The Morgan fingerprint density at radius 3 is 2.46 bits per heavy atom. The highest BCUT2D eigenvalue weighted by atomic mass is 16.6. The number of nitrogen functional groups attached to an aromatic ring is 1. The largest absolute Gasteiger partial charge is 0.397 e. The number of non-ortho nitro benzene ring substituents is 1. The Morgan fingerprint density at radius 2 is 1.71 bits per heavy atom. The number of benzene rings is 4. The first-order valence-corrected chi connectivity index (χ1v) is 10.9. The van der Waals surface area contributed by atoms with Gasteiger partial charge in [-0.25, -0.2) is 0 Å². The molecule has 3 N–H and O–H groups in total. The molecule has 8 nitrogen and oxygen atoms in total. The van der Waals surface area contributed by atoms with E-state index in [9.17, 15) is 14.9 Å². The van der Waals surface area contributed by atoms with Crippen LogP contribution in [0.3, 0.4) is 0 Å². The summed E-state index contributed by atoms with van der Waals surface area (Å²) in [5.74, 6) is -0.259. The zero-order valence-corrected chi connectivity index (χ0v) is 18.6. The van der Waals surface area contributed by atoms with Crippen LogP contribution >= 0.6 is 0 Å². The molecule has 35 heavy (non-hydrogen) atoms. The molecule has 0 unspecified atom stereocenters. The molecule has 0 aliphatic carbocycles. The SMILES string of the molecule is Nc1ccc(-c2ccccc2)cc1NC(=O)c1ccc(Cn2cc3cc([N+](=O)[O-])ccc3n2)cc1. The second kappa shape index (κ2) is 9.11. The quantitative estimate of drug-likeness (QED) is 0.196. The Hall–Kier alpha value is -4.98. The van der Waals surface area contributed by atoms with Crippen LogP contribution in [-0.4, -0.2) is 20.6 Å². The minimum absolute atomic E-state index is 0.0300. The third-order valence-electron chi connectivity index (χ3n) is 5.72. The molecule has 0 bridgehead atoms. The van der Waals surface area contributed by atoms with Gasteiger partial charge in [0.2, 0.25) is 0 Å². The average Bonchev–Trinajstić information content (AvgIpc) is 3.27. The zero-order chi connectivity index (χ0) is 24.4. The van der Waals surface area contributed by atoms with E-state index < -0.39 is 4.92 Å². The van der Waals surface area contributed by atoms with Gasteiger partial charge in [-0.05, 0) is 47.0 Å². The predicted octanol–water partition coefficient (Wildman–Crippen LogP) is 5.49. The normalized spacial score (nSPS) is 10.9. The number of carbonyl (C=O) groups is 1. The van der Waals surface area contributed by atoms with Crippen LogP contribution in [0.4, 0.5) is 17.1 Å². The fourth-order valence-electron chi connectivity index (χ4n) is 3.88. The zero-order valence-electron chi connectivity index (χ0n) is 18.6. The van der Waals surface area contributed by atoms with E-state index in [-0.39, 0.29) is 11.6 Å². The van der Waals surface area contributed by atoms with Gasteiger partial charge in [0.05, 0.1) is 28.4 Å². The summed E-state index contributed by atoms with van der Waals surface area (Å²) in [6, 6.07) is 27.2. The fraction of sp³-hybridized carbons (Fsp3) is 0.0370. The number of aromatic nitrogens is 2. The van der Waals surface area contributed by atoms with Crippen LogP contribution in [0, 0.1) is 10.1 Å². The summed E-state index contributed by atoms with van der Waals surface area (Å²) in [7, 11) is 0. The van der Waals surface area contributed by atoms with Gasteiger partial charge in [-0.1, -0.05) is 48.5 Å². The second-order valence-corrected chi connectivity index (χ2v) is 8.15. The van der Waals surface area contributed by atoms with Crippen LogP contribution in [0.25, 0.3) is 22.0 Å². The summed E-state index contributed by atoms with van der Waals surface area (Å²) in [6.07, 6.45) is 1.77. The molecule has 0 spiro atoms. The number of nitrogens with one attached hydrogen (secondary N) is 1. The summed E-state index contributed by atoms with van der Waals surface area (Å²) >= 11 is 0. The molecule has 172 valence electrons. The highest BCUT2D eigenvalue weighted by molar-refractivity contribution is 6.06. The predicted molar refractivity (Wildman–Crippen MR) is 136 cm³/mol. The van der Waals surface area contributed by atoms with Crippen molar-refractivity contribution < 1.29 is 9.72 Å². The molecule has 0 saturated carbocycles. The van der Waals surface area contributed by atoms with E-state index in [1.807, 2.05) is 54.6 Å². The maximum Gasteiger partial charge on any atom is 0.270 e. The first-order valence-electron chi connectivity index (χ1n) is 10.9. The van der Waals surface area contributed by atoms with E-state index >= 15 is 0 Å². The summed E-state index contributed by atoms with van der Waals surface area (Å²) in [5, 5.41) is 19.1. The molecule has 1 aromatic heterocycles. The van der Waals surface area contributed by atoms with Gasteiger partial charge in [0.25, 0.3) is 11.6 Å². The van der Waals surface area contributed by atoms with Crippen molar-refractivity contribution in [2.24, 2.45) is 0 Å². The third kappa shape index (κ3) is 4.72. The van der Waals surface area contributed by atoms with Gasteiger partial charge in [-0.2, -0.15) is 5.10 Å². The molecule has 4 aromatic carbocycles. The maximum absolute atomic E-state index is 12.8. The van der Waals surface area contributed by atoms with Gasteiger partial charge in [-0.3, -0.25) is 19.6 Å². The van der Waals surface area contributed by atoms with E-state index in [0.29, 0.717) is 34.4 Å². The van der Waals surface area contributed by atoms with Crippen LogP contribution in [0.15, 0.2) is 97.2 Å². The van der Waals surface area contributed by atoms with Gasteiger partial charge in [-0.15, -0.1) is 0 Å². The van der Waals surface area contributed by atoms with E-state index in [4.69, 9.17) is 5.73 Å². The summed E-state index contributed by atoms with van der Waals surface area (Å²) in [5.41, 5.74) is 11.3. The number of carbonyl (C=O) groups excluding carboxylic acids is 1. The van der Waals surface area contributed by atoms with Crippen molar-refractivity contribution >= 4 is 33.9 Å². The number of rotatable bonds is 6. The van der Waals surface area contributed by atoms with Gasteiger partial charge >= 0.3 is 0 Å². The number of anilines is 2. The minimum atomic E-state index is -0.425. The molecule has 0 aliphatic rings. The van der Waals surface area contributed by atoms with Crippen LogP contribution in [-0.2, 0) is 6.54 Å². The first-order chi connectivity index (χ1) is 17.0. The van der Waals surface area contributed by atoms with Crippen LogP contribution in [0.5, 0.6) is 0 Å². The highest BCUT2D eigenvalue weighted by Crippen LogP contribution is 2.27. The summed E-state index contributed by atoms with van der Waals surface area (Å²) in [6.45, 7) is 0.469. The number of nitro groups is 1. The minimum Gasteiger partial charge on any atom is -0.397 e. The van der Waals surface area contributed by atoms with Crippen molar-refractivity contribution in [1.29, 1.82) is 0 Å². The Balaban J connectivity index is 1.30. The van der Waals surface area contributed by atoms with E-state index in [1.165, 1.54) is 12.1 Å². The van der Waals surface area contributed by atoms with Crippen molar-refractivity contribution in [3.63, 3.8) is 0 Å². The van der Waals surface area contributed by atoms with Crippen LogP contribution < -0.4 is 11.1 Å². The lowest BCUT2D eigenvalue weighted by Crippen LogP contribution is -2.13. The number of hydrogen-bond acceptors (Lipinski definition) is 5. The number of hydrogen-bond donors (Lipinski definition) is 2. The van der Waals surface area contributed by atoms with Crippen molar-refractivity contribution in [3.8, 4) is 11.1 Å². The van der Waals surface area contributed by atoms with Gasteiger partial charge in [0, 0.05) is 29.3 Å². The molecule has 1 amide bonds. The lowest BCUT2D eigenvalue weighted by molar-refractivity contribution is -0.384. The second-order valence-electron chi connectivity index (χ2n) is 8.15. The number of fused-ring (bicyclic) bond motifs is 1. The molecule has 1 heterocycles. The molecule has 5 aromatic rings. The first kappa shape index (κ1) is 21.8. The number of nitrogens with zero attached hydrogens (tertiary/aromatic N) is 3. The summed E-state index contributed by atoms with van der Waals surface area (Å²) < 4.78 is 1.72. The van der Waals surface area contributed by atoms with Crippen LogP contribution in [0.1, 0.15) is 15.9 Å². The molecule has 0 aliphatic heterocycles. The Labute approximate surface area is 200 Å². The lowest BCUT2D eigenvalue weighted by atomic mass is 10.0. The molecule has 0 radical (unpaired) electrons. The molecule has 0 atom stereocenters.